The zero-order chi connectivity index (χ0) is 19.0. The summed E-state index contributed by atoms with van der Waals surface area (Å²) in [5.41, 5.74) is 5.68. The van der Waals surface area contributed by atoms with Crippen molar-refractivity contribution in [2.75, 3.05) is 5.32 Å². The molecule has 1 aliphatic rings. The highest BCUT2D eigenvalue weighted by Crippen LogP contribution is 2.32. The van der Waals surface area contributed by atoms with Gasteiger partial charge in [-0.1, -0.05) is 42.0 Å². The van der Waals surface area contributed by atoms with Crippen LogP contribution in [0.2, 0.25) is 0 Å². The quantitative estimate of drug-likeness (QED) is 0.842. The van der Waals surface area contributed by atoms with Crippen molar-refractivity contribution in [3.63, 3.8) is 0 Å². The third-order valence-electron chi connectivity index (χ3n) is 4.84. The summed E-state index contributed by atoms with van der Waals surface area (Å²) in [7, 11) is 0. The van der Waals surface area contributed by atoms with Gasteiger partial charge in [0, 0.05) is 11.7 Å². The molecule has 4 heteroatoms. The number of hydrogen-bond acceptors (Lipinski definition) is 3. The number of imide groups is 1. The van der Waals surface area contributed by atoms with Gasteiger partial charge in [-0.05, 0) is 57.4 Å². The molecule has 3 rings (SSSR count). The van der Waals surface area contributed by atoms with E-state index in [-0.39, 0.29) is 17.9 Å². The molecule has 0 atom stereocenters. The van der Waals surface area contributed by atoms with Crippen molar-refractivity contribution < 1.29 is 9.59 Å². The van der Waals surface area contributed by atoms with Crippen LogP contribution in [0.25, 0.3) is 5.57 Å². The molecule has 2 amide bonds. The van der Waals surface area contributed by atoms with Crippen molar-refractivity contribution >= 4 is 23.1 Å². The van der Waals surface area contributed by atoms with Crippen molar-refractivity contribution in [2.45, 2.75) is 40.7 Å². The summed E-state index contributed by atoms with van der Waals surface area (Å²) in [5.74, 6) is -0.525. The minimum Gasteiger partial charge on any atom is -0.350 e. The van der Waals surface area contributed by atoms with Gasteiger partial charge in [0.1, 0.15) is 5.70 Å². The lowest BCUT2D eigenvalue weighted by Gasteiger charge is -2.19. The van der Waals surface area contributed by atoms with Gasteiger partial charge in [-0.2, -0.15) is 0 Å². The second-order valence-electron chi connectivity index (χ2n) is 7.06. The second kappa shape index (κ2) is 6.79. The van der Waals surface area contributed by atoms with Gasteiger partial charge in [-0.25, -0.2) is 0 Å². The Morgan fingerprint density at radius 2 is 1.54 bits per heavy atom. The molecule has 0 radical (unpaired) electrons. The number of nitrogens with one attached hydrogen (secondary N) is 1. The Bertz CT molecular complexity index is 908. The average molecular weight is 348 g/mol. The number of carbonyl (C=O) groups is 2. The fourth-order valence-electron chi connectivity index (χ4n) is 3.14. The molecule has 4 nitrogen and oxygen atoms in total. The Kier molecular flexibility index (Phi) is 4.68. The summed E-state index contributed by atoms with van der Waals surface area (Å²) < 4.78 is 0. The molecule has 26 heavy (non-hydrogen) atoms. The van der Waals surface area contributed by atoms with Crippen LogP contribution in [0.15, 0.2) is 48.2 Å². The molecular weight excluding hydrogens is 324 g/mol. The Morgan fingerprint density at radius 3 is 2.15 bits per heavy atom. The zero-order valence-electron chi connectivity index (χ0n) is 15.9. The number of hydrogen-bond donors (Lipinski definition) is 1. The monoisotopic (exact) mass is 348 g/mol. The summed E-state index contributed by atoms with van der Waals surface area (Å²) in [4.78, 5) is 27.3. The first-order valence-electron chi connectivity index (χ1n) is 8.83. The molecule has 0 saturated heterocycles. The highest BCUT2D eigenvalue weighted by molar-refractivity contribution is 6.36. The van der Waals surface area contributed by atoms with Crippen molar-refractivity contribution in [3.8, 4) is 0 Å². The van der Waals surface area contributed by atoms with Crippen molar-refractivity contribution in [3.05, 3.63) is 70.4 Å². The summed E-state index contributed by atoms with van der Waals surface area (Å²) in [6.45, 7) is 9.73. The van der Waals surface area contributed by atoms with Gasteiger partial charge in [-0.3, -0.25) is 14.5 Å². The smallest absolute Gasteiger partial charge is 0.278 e. The number of rotatable bonds is 4. The van der Waals surface area contributed by atoms with E-state index in [1.54, 1.807) is 0 Å². The molecule has 0 aromatic heterocycles. The Labute approximate surface area is 154 Å². The van der Waals surface area contributed by atoms with E-state index < -0.39 is 0 Å². The molecule has 2 aromatic carbocycles. The maximum absolute atomic E-state index is 13.0. The molecule has 0 aliphatic carbocycles. The predicted molar refractivity (Wildman–Crippen MR) is 105 cm³/mol. The lowest BCUT2D eigenvalue weighted by molar-refractivity contribution is -0.138. The largest absolute Gasteiger partial charge is 0.350 e. The van der Waals surface area contributed by atoms with E-state index in [2.05, 4.69) is 5.32 Å². The second-order valence-corrected chi connectivity index (χ2v) is 7.06. The molecule has 0 fully saturated rings. The van der Waals surface area contributed by atoms with Crippen LogP contribution in [0.1, 0.15) is 36.1 Å². The van der Waals surface area contributed by atoms with Gasteiger partial charge in [-0.15, -0.1) is 0 Å². The fourth-order valence-corrected chi connectivity index (χ4v) is 3.14. The molecular formula is C22H24N2O2. The van der Waals surface area contributed by atoms with Crippen LogP contribution < -0.4 is 5.32 Å². The first-order chi connectivity index (χ1) is 12.3. The SMILES string of the molecule is Cc1ccc(C2=C(Nc3cccc(C)c3C)C(=O)N(C(C)C)C2=O)cc1. The fraction of sp³-hybridized carbons (Fsp3) is 0.273. The summed E-state index contributed by atoms with van der Waals surface area (Å²) in [6.07, 6.45) is 0. The van der Waals surface area contributed by atoms with Crippen molar-refractivity contribution in [2.24, 2.45) is 0 Å². The maximum atomic E-state index is 13.0. The number of anilines is 1. The summed E-state index contributed by atoms with van der Waals surface area (Å²) >= 11 is 0. The zero-order valence-corrected chi connectivity index (χ0v) is 15.9. The first-order valence-corrected chi connectivity index (χ1v) is 8.83. The molecule has 1 aliphatic heterocycles. The van der Waals surface area contributed by atoms with E-state index in [9.17, 15) is 9.59 Å². The Balaban J connectivity index is 2.14. The van der Waals surface area contributed by atoms with Gasteiger partial charge in [0.25, 0.3) is 11.8 Å². The summed E-state index contributed by atoms with van der Waals surface area (Å²) in [5, 5.41) is 3.25. The lowest BCUT2D eigenvalue weighted by Crippen LogP contribution is -2.38. The maximum Gasteiger partial charge on any atom is 0.278 e. The number of aryl methyl sites for hydroxylation is 2. The van der Waals surface area contributed by atoms with Crippen molar-refractivity contribution in [1.82, 2.24) is 4.90 Å². The Morgan fingerprint density at radius 1 is 0.885 bits per heavy atom. The average Bonchev–Trinajstić information content (AvgIpc) is 2.83. The van der Waals surface area contributed by atoms with Crippen LogP contribution in [-0.4, -0.2) is 22.8 Å². The highest BCUT2D eigenvalue weighted by atomic mass is 16.2. The van der Waals surface area contributed by atoms with Crippen LogP contribution in [-0.2, 0) is 9.59 Å². The van der Waals surface area contributed by atoms with Gasteiger partial charge in [0.05, 0.1) is 5.57 Å². The lowest BCUT2D eigenvalue weighted by atomic mass is 10.0. The van der Waals surface area contributed by atoms with Crippen LogP contribution in [0.5, 0.6) is 0 Å². The van der Waals surface area contributed by atoms with Gasteiger partial charge in [0.15, 0.2) is 0 Å². The molecule has 2 aromatic rings. The molecule has 0 unspecified atom stereocenters. The van der Waals surface area contributed by atoms with Gasteiger partial charge in [0.2, 0.25) is 0 Å². The minimum absolute atomic E-state index is 0.201. The van der Waals surface area contributed by atoms with E-state index in [1.165, 1.54) is 4.90 Å². The van der Waals surface area contributed by atoms with Crippen molar-refractivity contribution in [1.29, 1.82) is 0 Å². The number of benzene rings is 2. The number of amides is 2. The number of nitrogens with zero attached hydrogens (tertiary/aromatic N) is 1. The van der Waals surface area contributed by atoms with Gasteiger partial charge < -0.3 is 5.32 Å². The van der Waals surface area contributed by atoms with E-state index >= 15 is 0 Å². The third-order valence-corrected chi connectivity index (χ3v) is 4.84. The molecule has 134 valence electrons. The normalized spacial score (nSPS) is 14.6. The van der Waals surface area contributed by atoms with Crippen LogP contribution in [0.4, 0.5) is 5.69 Å². The minimum atomic E-state index is -0.276. The standard InChI is InChI=1S/C22H24N2O2/c1-13(2)24-21(25)19(17-11-9-14(3)10-12-17)20(22(24)26)23-18-8-6-7-15(4)16(18)5/h6-13,23H,1-5H3. The summed E-state index contributed by atoms with van der Waals surface area (Å²) in [6, 6.07) is 13.4. The molecule has 1 heterocycles. The predicted octanol–water partition coefficient (Wildman–Crippen LogP) is 4.21. The van der Waals surface area contributed by atoms with E-state index in [4.69, 9.17) is 0 Å². The third kappa shape index (κ3) is 3.03. The number of carbonyl (C=O) groups excluding carboxylic acids is 2. The van der Waals surface area contributed by atoms with E-state index in [1.807, 2.05) is 77.1 Å². The van der Waals surface area contributed by atoms with E-state index in [0.717, 1.165) is 27.9 Å². The Hall–Kier alpha value is -2.88. The van der Waals surface area contributed by atoms with Crippen LogP contribution in [0, 0.1) is 20.8 Å². The molecule has 0 spiro atoms. The topological polar surface area (TPSA) is 49.4 Å². The molecule has 0 saturated carbocycles. The van der Waals surface area contributed by atoms with E-state index in [0.29, 0.717) is 11.3 Å². The van der Waals surface area contributed by atoms with Gasteiger partial charge >= 0.3 is 0 Å². The van der Waals surface area contributed by atoms with Crippen LogP contribution >= 0.6 is 0 Å². The molecule has 0 bridgehead atoms. The van der Waals surface area contributed by atoms with Crippen LogP contribution in [0.3, 0.4) is 0 Å². The molecule has 1 N–H and O–H groups in total. The first kappa shape index (κ1) is 17.9. The highest BCUT2D eigenvalue weighted by Gasteiger charge is 2.40.